The van der Waals surface area contributed by atoms with Gasteiger partial charge in [-0.15, -0.1) is 0 Å². The zero-order valence-electron chi connectivity index (χ0n) is 13.4. The Hall–Kier alpha value is -2.29. The average Bonchev–Trinajstić information content (AvgIpc) is 2.43. The van der Waals surface area contributed by atoms with Crippen molar-refractivity contribution in [3.8, 4) is 11.5 Å². The van der Waals surface area contributed by atoms with E-state index in [9.17, 15) is 9.90 Å². The van der Waals surface area contributed by atoms with Crippen LogP contribution in [-0.2, 0) is 4.79 Å². The molecule has 1 N–H and O–H groups in total. The van der Waals surface area contributed by atoms with Gasteiger partial charge in [-0.05, 0) is 38.8 Å². The van der Waals surface area contributed by atoms with Crippen molar-refractivity contribution >= 4 is 5.97 Å². The van der Waals surface area contributed by atoms with Crippen LogP contribution in [-0.4, -0.2) is 11.1 Å². The number of hydrogen-bond donors (Lipinski definition) is 1. The van der Waals surface area contributed by atoms with Gasteiger partial charge in [0.2, 0.25) is 0 Å². The van der Waals surface area contributed by atoms with E-state index >= 15 is 0 Å². The third kappa shape index (κ3) is 2.37. The summed E-state index contributed by atoms with van der Waals surface area (Å²) < 4.78 is 5.45. The Morgan fingerprint density at radius 2 is 1.55 bits per heavy atom. The maximum atomic E-state index is 12.0. The Labute approximate surface area is 130 Å². The van der Waals surface area contributed by atoms with E-state index in [1.165, 1.54) is 0 Å². The smallest absolute Gasteiger partial charge is 0.312 e. The third-order valence-electron chi connectivity index (χ3n) is 4.26. The SMILES string of the molecule is Cc1cc(C)c(O)c([C@@H]2CC(=O)Oc3c(C)cc(C)cc32)c1. The summed E-state index contributed by atoms with van der Waals surface area (Å²) in [7, 11) is 0. The van der Waals surface area contributed by atoms with Crippen molar-refractivity contribution in [1.82, 2.24) is 0 Å². The molecule has 0 saturated carbocycles. The van der Waals surface area contributed by atoms with Gasteiger partial charge in [-0.3, -0.25) is 4.79 Å². The highest BCUT2D eigenvalue weighted by atomic mass is 16.5. The molecule has 1 atom stereocenters. The number of ether oxygens (including phenoxy) is 1. The molecular formula is C19H20O3. The number of phenolic OH excluding ortho intramolecular Hbond substituents is 1. The Bertz CT molecular complexity index is 775. The zero-order chi connectivity index (χ0) is 16.0. The number of aromatic hydroxyl groups is 1. The first-order chi connectivity index (χ1) is 10.4. The molecule has 0 amide bonds. The first kappa shape index (κ1) is 14.6. The van der Waals surface area contributed by atoms with E-state index in [2.05, 4.69) is 6.07 Å². The summed E-state index contributed by atoms with van der Waals surface area (Å²) in [6, 6.07) is 7.97. The minimum atomic E-state index is -0.247. The lowest BCUT2D eigenvalue weighted by molar-refractivity contribution is -0.135. The molecule has 0 saturated heterocycles. The molecule has 2 aromatic carbocycles. The maximum Gasteiger partial charge on any atom is 0.312 e. The van der Waals surface area contributed by atoms with Crippen molar-refractivity contribution < 1.29 is 14.6 Å². The van der Waals surface area contributed by atoms with Crippen molar-refractivity contribution in [1.29, 1.82) is 0 Å². The quantitative estimate of drug-likeness (QED) is 0.637. The fourth-order valence-electron chi connectivity index (χ4n) is 3.35. The molecule has 1 heterocycles. The van der Waals surface area contributed by atoms with Crippen LogP contribution in [0.25, 0.3) is 0 Å². The van der Waals surface area contributed by atoms with Crippen LogP contribution in [0.15, 0.2) is 24.3 Å². The van der Waals surface area contributed by atoms with Gasteiger partial charge in [0, 0.05) is 17.0 Å². The van der Waals surface area contributed by atoms with Gasteiger partial charge in [0.25, 0.3) is 0 Å². The van der Waals surface area contributed by atoms with Gasteiger partial charge in [0.05, 0.1) is 6.42 Å². The van der Waals surface area contributed by atoms with E-state index < -0.39 is 0 Å². The van der Waals surface area contributed by atoms with E-state index in [-0.39, 0.29) is 24.1 Å². The van der Waals surface area contributed by atoms with Crippen LogP contribution in [0.2, 0.25) is 0 Å². The number of esters is 1. The van der Waals surface area contributed by atoms with Crippen molar-refractivity contribution in [3.63, 3.8) is 0 Å². The fraction of sp³-hybridized carbons (Fsp3) is 0.316. The molecular weight excluding hydrogens is 276 g/mol. The number of aryl methyl sites for hydroxylation is 4. The maximum absolute atomic E-state index is 12.0. The van der Waals surface area contributed by atoms with Gasteiger partial charge in [0.15, 0.2) is 0 Å². The Morgan fingerprint density at radius 1 is 0.955 bits per heavy atom. The van der Waals surface area contributed by atoms with Crippen molar-refractivity contribution in [3.05, 3.63) is 57.6 Å². The van der Waals surface area contributed by atoms with Crippen LogP contribution in [0.4, 0.5) is 0 Å². The lowest BCUT2D eigenvalue weighted by atomic mass is 9.83. The van der Waals surface area contributed by atoms with E-state index in [4.69, 9.17) is 4.74 Å². The van der Waals surface area contributed by atoms with Gasteiger partial charge in [0.1, 0.15) is 11.5 Å². The molecule has 0 bridgehead atoms. The summed E-state index contributed by atoms with van der Waals surface area (Å²) in [6.45, 7) is 7.86. The zero-order valence-corrected chi connectivity index (χ0v) is 13.4. The minimum absolute atomic E-state index is 0.159. The molecule has 2 aromatic rings. The van der Waals surface area contributed by atoms with Crippen LogP contribution in [0.5, 0.6) is 11.5 Å². The van der Waals surface area contributed by atoms with Gasteiger partial charge >= 0.3 is 5.97 Å². The fourth-order valence-corrected chi connectivity index (χ4v) is 3.35. The third-order valence-corrected chi connectivity index (χ3v) is 4.26. The van der Waals surface area contributed by atoms with E-state index in [1.807, 2.05) is 45.9 Å². The molecule has 3 rings (SSSR count). The highest BCUT2D eigenvalue weighted by Crippen LogP contribution is 2.44. The van der Waals surface area contributed by atoms with E-state index in [0.717, 1.165) is 33.4 Å². The molecule has 1 aliphatic rings. The van der Waals surface area contributed by atoms with Crippen LogP contribution in [0.3, 0.4) is 0 Å². The number of rotatable bonds is 1. The van der Waals surface area contributed by atoms with Crippen LogP contribution < -0.4 is 4.74 Å². The summed E-state index contributed by atoms with van der Waals surface area (Å²) in [5.74, 6) is 0.511. The molecule has 0 spiro atoms. The van der Waals surface area contributed by atoms with Gasteiger partial charge < -0.3 is 9.84 Å². The van der Waals surface area contributed by atoms with Crippen LogP contribution in [0.1, 0.15) is 45.7 Å². The number of phenols is 1. The number of carbonyl (C=O) groups excluding carboxylic acids is 1. The summed E-state index contributed by atoms with van der Waals surface area (Å²) in [4.78, 5) is 12.0. The van der Waals surface area contributed by atoms with Crippen LogP contribution >= 0.6 is 0 Å². The first-order valence-corrected chi connectivity index (χ1v) is 7.48. The molecule has 0 unspecified atom stereocenters. The van der Waals surface area contributed by atoms with E-state index in [0.29, 0.717) is 5.75 Å². The summed E-state index contributed by atoms with van der Waals surface area (Å²) in [6.07, 6.45) is 0.256. The minimum Gasteiger partial charge on any atom is -0.507 e. The lowest BCUT2D eigenvalue weighted by Gasteiger charge is -2.27. The summed E-state index contributed by atoms with van der Waals surface area (Å²) >= 11 is 0. The second-order valence-corrected chi connectivity index (χ2v) is 6.25. The van der Waals surface area contributed by atoms with Crippen molar-refractivity contribution in [2.45, 2.75) is 40.0 Å². The number of benzene rings is 2. The van der Waals surface area contributed by atoms with Crippen molar-refractivity contribution in [2.75, 3.05) is 0 Å². The Kier molecular flexibility index (Phi) is 3.44. The Morgan fingerprint density at radius 3 is 2.23 bits per heavy atom. The second kappa shape index (κ2) is 5.16. The largest absolute Gasteiger partial charge is 0.507 e. The molecule has 1 aliphatic heterocycles. The number of hydrogen-bond acceptors (Lipinski definition) is 3. The topological polar surface area (TPSA) is 46.5 Å². The molecule has 3 heteroatoms. The molecule has 0 aliphatic carbocycles. The normalized spacial score (nSPS) is 17.1. The highest BCUT2D eigenvalue weighted by molar-refractivity contribution is 5.79. The molecule has 0 radical (unpaired) electrons. The lowest BCUT2D eigenvalue weighted by Crippen LogP contribution is -2.22. The summed E-state index contributed by atoms with van der Waals surface area (Å²) in [5.41, 5.74) is 5.79. The monoisotopic (exact) mass is 296 g/mol. The Balaban J connectivity index is 2.24. The van der Waals surface area contributed by atoms with Crippen LogP contribution in [0, 0.1) is 27.7 Å². The molecule has 3 nitrogen and oxygen atoms in total. The standard InChI is InChI=1S/C19H20O3/c1-10-5-12(3)18(21)15(7-10)14-9-17(20)22-19-13(4)6-11(2)8-16(14)19/h5-8,14,21H,9H2,1-4H3/t14-/m0/s1. The summed E-state index contributed by atoms with van der Waals surface area (Å²) in [5, 5.41) is 10.5. The first-order valence-electron chi connectivity index (χ1n) is 7.48. The second-order valence-electron chi connectivity index (χ2n) is 6.25. The van der Waals surface area contributed by atoms with E-state index in [1.54, 1.807) is 0 Å². The highest BCUT2D eigenvalue weighted by Gasteiger charge is 2.31. The molecule has 114 valence electrons. The molecule has 22 heavy (non-hydrogen) atoms. The van der Waals surface area contributed by atoms with Gasteiger partial charge in [-0.1, -0.05) is 35.4 Å². The van der Waals surface area contributed by atoms with Gasteiger partial charge in [-0.25, -0.2) is 0 Å². The van der Waals surface area contributed by atoms with Crippen molar-refractivity contribution in [2.24, 2.45) is 0 Å². The molecule has 0 fully saturated rings. The molecule has 0 aromatic heterocycles. The number of fused-ring (bicyclic) bond motifs is 1. The van der Waals surface area contributed by atoms with Gasteiger partial charge in [-0.2, -0.15) is 0 Å². The predicted molar refractivity (Wildman–Crippen MR) is 85.6 cm³/mol. The average molecular weight is 296 g/mol. The predicted octanol–water partition coefficient (Wildman–Crippen LogP) is 4.07. The number of carbonyl (C=O) groups is 1.